The van der Waals surface area contributed by atoms with Gasteiger partial charge in [-0.1, -0.05) is 32.1 Å². The number of hydrogen-bond acceptors (Lipinski definition) is 9. The van der Waals surface area contributed by atoms with Crippen LogP contribution in [0.3, 0.4) is 0 Å². The van der Waals surface area contributed by atoms with E-state index in [1.54, 1.807) is 0 Å². The molecule has 3 atom stereocenters. The first kappa shape index (κ1) is 20.1. The third-order valence-corrected chi connectivity index (χ3v) is 5.00. The van der Waals surface area contributed by atoms with Crippen LogP contribution in [0, 0.1) is 5.92 Å². The van der Waals surface area contributed by atoms with Crippen molar-refractivity contribution in [2.24, 2.45) is 11.7 Å². The van der Waals surface area contributed by atoms with E-state index < -0.39 is 18.1 Å². The number of aliphatic carboxylic acids is 1. The molecule has 0 radical (unpaired) electrons. The third-order valence-electron chi connectivity index (χ3n) is 4.34. The topological polar surface area (TPSA) is 147 Å². The number of carboxylic acids is 1. The van der Waals surface area contributed by atoms with E-state index in [0.29, 0.717) is 17.7 Å². The number of rotatable bonds is 10. The number of aliphatic hydroxyl groups excluding tert-OH is 1. The Morgan fingerprint density at radius 3 is 2.76 bits per heavy atom. The molecule has 1 saturated carbocycles. The molecule has 25 heavy (non-hydrogen) atoms. The van der Waals surface area contributed by atoms with E-state index in [1.807, 2.05) is 0 Å². The second-order valence-corrected chi connectivity index (χ2v) is 7.21. The second kappa shape index (κ2) is 10.1. The molecule has 1 aliphatic carbocycles. The fourth-order valence-electron chi connectivity index (χ4n) is 2.93. The maximum absolute atomic E-state index is 10.9. The molecule has 3 unspecified atom stereocenters. The van der Waals surface area contributed by atoms with E-state index in [4.69, 9.17) is 15.3 Å². The minimum absolute atomic E-state index is 0.248. The summed E-state index contributed by atoms with van der Waals surface area (Å²) in [6.07, 6.45) is 6.12. The van der Waals surface area contributed by atoms with Crippen molar-refractivity contribution in [2.45, 2.75) is 70.2 Å². The van der Waals surface area contributed by atoms with Crippen LogP contribution >= 0.6 is 12.1 Å². The van der Waals surface area contributed by atoms with Crippen LogP contribution in [0.4, 0.5) is 0 Å². The molecule has 10 heteroatoms. The van der Waals surface area contributed by atoms with Crippen molar-refractivity contribution in [3.05, 3.63) is 11.8 Å². The number of carbonyl (C=O) groups is 1. The van der Waals surface area contributed by atoms with Gasteiger partial charge in [-0.2, -0.15) is 0 Å². The van der Waals surface area contributed by atoms with Crippen molar-refractivity contribution in [1.82, 2.24) is 19.6 Å². The van der Waals surface area contributed by atoms with Crippen LogP contribution < -0.4 is 15.2 Å². The molecule has 1 aliphatic rings. The van der Waals surface area contributed by atoms with Crippen molar-refractivity contribution in [3.63, 3.8) is 0 Å². The zero-order valence-corrected chi connectivity index (χ0v) is 15.2. The van der Waals surface area contributed by atoms with Crippen molar-refractivity contribution in [1.29, 1.82) is 0 Å². The predicted molar refractivity (Wildman–Crippen MR) is 93.1 cm³/mol. The maximum atomic E-state index is 10.9. The molecule has 1 fully saturated rings. The lowest BCUT2D eigenvalue weighted by Gasteiger charge is -2.23. The largest absolute Gasteiger partial charge is 0.480 e. The van der Waals surface area contributed by atoms with Crippen molar-refractivity contribution >= 4 is 18.1 Å². The van der Waals surface area contributed by atoms with Gasteiger partial charge in [0.15, 0.2) is 0 Å². The Kier molecular flexibility index (Phi) is 8.10. The fourth-order valence-corrected chi connectivity index (χ4v) is 3.63. The number of carboxylic acid groups (broad SMARTS) is 1. The summed E-state index contributed by atoms with van der Waals surface area (Å²) in [4.78, 5) is 10.9. The van der Waals surface area contributed by atoms with Gasteiger partial charge in [-0.15, -0.1) is 10.2 Å². The van der Waals surface area contributed by atoms with Crippen LogP contribution in [0.2, 0.25) is 0 Å². The highest BCUT2D eigenvalue weighted by molar-refractivity contribution is 7.95. The van der Waals surface area contributed by atoms with Crippen molar-refractivity contribution in [3.8, 4) is 0 Å². The molecule has 0 saturated heterocycles. The van der Waals surface area contributed by atoms with Gasteiger partial charge in [-0.25, -0.2) is 9.44 Å². The second-order valence-electron chi connectivity index (χ2n) is 6.48. The van der Waals surface area contributed by atoms with Crippen LogP contribution in [-0.4, -0.2) is 38.5 Å². The summed E-state index contributed by atoms with van der Waals surface area (Å²) in [7, 11) is 0. The van der Waals surface area contributed by atoms with E-state index in [0.717, 1.165) is 18.6 Å². The fraction of sp³-hybridized carbons (Fsp3) is 0.800. The molecule has 2 rings (SSSR count). The summed E-state index contributed by atoms with van der Waals surface area (Å²) < 4.78 is 11.1. The summed E-state index contributed by atoms with van der Waals surface area (Å²) in [5.74, 6) is 0.323. The van der Waals surface area contributed by atoms with Crippen LogP contribution in [0.1, 0.15) is 63.3 Å². The number of nitrogens with two attached hydrogens (primary N) is 1. The third kappa shape index (κ3) is 6.55. The summed E-state index contributed by atoms with van der Waals surface area (Å²) in [6.45, 7) is 1.66. The Balaban J connectivity index is 1.72. The molecule has 1 aromatic heterocycles. The zero-order valence-electron chi connectivity index (χ0n) is 14.4. The average molecular weight is 373 g/mol. The Hall–Kier alpha value is -1.20. The lowest BCUT2D eigenvalue weighted by Crippen LogP contribution is -2.42. The minimum Gasteiger partial charge on any atom is -0.480 e. The quantitative estimate of drug-likeness (QED) is 0.298. The number of hydrogen-bond donors (Lipinski definition) is 5. The van der Waals surface area contributed by atoms with Crippen LogP contribution in [0.15, 0.2) is 4.42 Å². The zero-order chi connectivity index (χ0) is 18.2. The minimum atomic E-state index is -1.13. The standard InChI is InChI=1S/C15H27N5O4S/c1-9(21)13(15(22)23)20-25-17-8-12-18-19-14(24-12)11(16)7-10-5-3-2-4-6-10/h9-11,13,17,20-21H,2-8,16H2,1H3,(H,22,23). The van der Waals surface area contributed by atoms with E-state index in [-0.39, 0.29) is 12.6 Å². The lowest BCUT2D eigenvalue weighted by molar-refractivity contribution is -0.141. The molecule has 0 amide bonds. The summed E-state index contributed by atoms with van der Waals surface area (Å²) >= 11 is 0.959. The molecule has 6 N–H and O–H groups in total. The summed E-state index contributed by atoms with van der Waals surface area (Å²) in [5, 5.41) is 26.3. The van der Waals surface area contributed by atoms with E-state index in [9.17, 15) is 9.90 Å². The first-order valence-corrected chi connectivity index (χ1v) is 9.42. The van der Waals surface area contributed by atoms with Gasteiger partial charge >= 0.3 is 5.97 Å². The molecule has 9 nitrogen and oxygen atoms in total. The Bertz CT molecular complexity index is 536. The lowest BCUT2D eigenvalue weighted by atomic mass is 9.85. The highest BCUT2D eigenvalue weighted by Gasteiger charge is 2.23. The smallest absolute Gasteiger partial charge is 0.324 e. The van der Waals surface area contributed by atoms with Crippen molar-refractivity contribution < 1.29 is 19.4 Å². The number of aromatic nitrogens is 2. The van der Waals surface area contributed by atoms with Gasteiger partial charge in [-0.3, -0.25) is 4.79 Å². The summed E-state index contributed by atoms with van der Waals surface area (Å²) in [6, 6.07) is -1.32. The van der Waals surface area contributed by atoms with Gasteiger partial charge in [0.2, 0.25) is 11.8 Å². The van der Waals surface area contributed by atoms with Crippen LogP contribution in [-0.2, 0) is 11.3 Å². The molecule has 0 spiro atoms. The van der Waals surface area contributed by atoms with Gasteiger partial charge < -0.3 is 20.4 Å². The van der Waals surface area contributed by atoms with E-state index in [2.05, 4.69) is 19.6 Å². The first-order valence-electron chi connectivity index (χ1n) is 8.60. The van der Waals surface area contributed by atoms with E-state index in [1.165, 1.54) is 39.0 Å². The van der Waals surface area contributed by atoms with Gasteiger partial charge in [0, 0.05) is 12.1 Å². The Morgan fingerprint density at radius 2 is 2.12 bits per heavy atom. The highest BCUT2D eigenvalue weighted by atomic mass is 32.2. The monoisotopic (exact) mass is 373 g/mol. The maximum Gasteiger partial charge on any atom is 0.324 e. The number of nitrogens with one attached hydrogen (secondary N) is 2. The van der Waals surface area contributed by atoms with Gasteiger partial charge in [0.25, 0.3) is 0 Å². The number of nitrogens with zero attached hydrogens (tertiary/aromatic N) is 2. The molecule has 1 heterocycles. The molecular weight excluding hydrogens is 346 g/mol. The molecule has 0 aromatic carbocycles. The van der Waals surface area contributed by atoms with Gasteiger partial charge in [-0.05, 0) is 19.3 Å². The Labute approximate surface area is 151 Å². The predicted octanol–water partition coefficient (Wildman–Crippen LogP) is 1.12. The first-order chi connectivity index (χ1) is 12.0. The van der Waals surface area contributed by atoms with Crippen LogP contribution in [0.25, 0.3) is 0 Å². The molecule has 0 bridgehead atoms. The van der Waals surface area contributed by atoms with Crippen LogP contribution in [0.5, 0.6) is 0 Å². The molecule has 0 aliphatic heterocycles. The highest BCUT2D eigenvalue weighted by Crippen LogP contribution is 2.30. The normalized spacial score (nSPS) is 19.5. The molecule has 142 valence electrons. The Morgan fingerprint density at radius 1 is 1.40 bits per heavy atom. The SMILES string of the molecule is CC(O)C(NSNCc1nnc(C(N)CC2CCCCC2)o1)C(=O)O. The summed E-state index contributed by atoms with van der Waals surface area (Å²) in [5.41, 5.74) is 6.17. The van der Waals surface area contributed by atoms with Gasteiger partial charge in [0.05, 0.1) is 18.7 Å². The molecule has 1 aromatic rings. The molecular formula is C15H27N5O4S. The van der Waals surface area contributed by atoms with E-state index >= 15 is 0 Å². The van der Waals surface area contributed by atoms with Gasteiger partial charge in [0.1, 0.15) is 6.04 Å². The number of aliphatic hydroxyl groups is 1. The average Bonchev–Trinajstić information content (AvgIpc) is 3.04. The van der Waals surface area contributed by atoms with Crippen molar-refractivity contribution in [2.75, 3.05) is 0 Å².